The zero-order chi connectivity index (χ0) is 21.6. The molecule has 0 radical (unpaired) electrons. The normalized spacial score (nSPS) is 16.0. The van der Waals surface area contributed by atoms with Crippen LogP contribution in [0.2, 0.25) is 0 Å². The number of alkyl halides is 3. The van der Waals surface area contributed by atoms with Gasteiger partial charge in [-0.2, -0.15) is 18.3 Å². The summed E-state index contributed by atoms with van der Waals surface area (Å²) in [5.41, 5.74) is 0.893. The summed E-state index contributed by atoms with van der Waals surface area (Å²) < 4.78 is 46.2. The van der Waals surface area contributed by atoms with Gasteiger partial charge in [0.05, 0.1) is 5.69 Å². The highest BCUT2D eigenvalue weighted by Crippen LogP contribution is 2.33. The maximum atomic E-state index is 13.6. The first-order chi connectivity index (χ1) is 14.1. The van der Waals surface area contributed by atoms with Gasteiger partial charge in [-0.25, -0.2) is 14.1 Å². The van der Waals surface area contributed by atoms with E-state index in [1.165, 1.54) is 0 Å². The first-order valence-corrected chi connectivity index (χ1v) is 9.71. The number of hydrogen-bond donors (Lipinski definition) is 0. The van der Waals surface area contributed by atoms with Crippen molar-refractivity contribution in [2.75, 3.05) is 13.1 Å². The van der Waals surface area contributed by atoms with Crippen molar-refractivity contribution in [2.45, 2.75) is 51.6 Å². The molecule has 160 valence electrons. The van der Waals surface area contributed by atoms with Crippen LogP contribution in [0.1, 0.15) is 71.8 Å². The van der Waals surface area contributed by atoms with E-state index >= 15 is 0 Å². The van der Waals surface area contributed by atoms with Gasteiger partial charge in [0.15, 0.2) is 11.3 Å². The summed E-state index contributed by atoms with van der Waals surface area (Å²) in [7, 11) is 0. The van der Waals surface area contributed by atoms with Gasteiger partial charge in [0, 0.05) is 30.8 Å². The summed E-state index contributed by atoms with van der Waals surface area (Å²) in [6.45, 7) is 6.13. The Morgan fingerprint density at radius 2 is 1.90 bits per heavy atom. The molecule has 8 nitrogen and oxygen atoms in total. The van der Waals surface area contributed by atoms with Gasteiger partial charge in [-0.05, 0) is 36.9 Å². The van der Waals surface area contributed by atoms with Crippen molar-refractivity contribution in [1.29, 1.82) is 0 Å². The average molecular weight is 422 g/mol. The maximum absolute atomic E-state index is 13.6. The lowest BCUT2D eigenvalue weighted by Gasteiger charge is -2.30. The molecule has 1 aliphatic heterocycles. The molecule has 4 rings (SSSR count). The molecule has 3 aromatic heterocycles. The number of fused-ring (bicyclic) bond motifs is 1. The quantitative estimate of drug-likeness (QED) is 0.641. The Morgan fingerprint density at radius 1 is 1.20 bits per heavy atom. The van der Waals surface area contributed by atoms with E-state index in [9.17, 15) is 18.0 Å². The van der Waals surface area contributed by atoms with Gasteiger partial charge in [0.2, 0.25) is 0 Å². The fourth-order valence-electron chi connectivity index (χ4n) is 3.66. The Bertz CT molecular complexity index is 1080. The van der Waals surface area contributed by atoms with E-state index in [-0.39, 0.29) is 29.1 Å². The molecule has 1 fully saturated rings. The Morgan fingerprint density at radius 3 is 2.47 bits per heavy atom. The first kappa shape index (κ1) is 20.3. The van der Waals surface area contributed by atoms with Gasteiger partial charge in [-0.15, -0.1) is 0 Å². The van der Waals surface area contributed by atoms with Crippen molar-refractivity contribution < 1.29 is 22.6 Å². The van der Waals surface area contributed by atoms with Gasteiger partial charge >= 0.3 is 6.18 Å². The van der Waals surface area contributed by atoms with E-state index in [4.69, 9.17) is 0 Å². The smallest absolute Gasteiger partial charge is 0.337 e. The molecule has 0 unspecified atom stereocenters. The summed E-state index contributed by atoms with van der Waals surface area (Å²) in [5, 5.41) is 11.5. The highest BCUT2D eigenvalue weighted by atomic mass is 19.4. The molecule has 0 atom stereocenters. The van der Waals surface area contributed by atoms with E-state index in [2.05, 4.69) is 25.0 Å². The molecule has 4 heterocycles. The molecule has 0 saturated carbocycles. The number of aromatic nitrogens is 5. The number of nitrogens with zero attached hydrogens (tertiary/aromatic N) is 6. The lowest BCUT2D eigenvalue weighted by atomic mass is 9.93. The minimum Gasteiger partial charge on any atom is -0.337 e. The van der Waals surface area contributed by atoms with Crippen LogP contribution < -0.4 is 0 Å². The SMILES string of the molecule is Cc1nonc1C(=O)N1CCC(c2cc3nc(C(C)C)cc(C(F)(F)F)n3n2)CC1. The van der Waals surface area contributed by atoms with Gasteiger partial charge in [-0.3, -0.25) is 4.79 Å². The highest BCUT2D eigenvalue weighted by Gasteiger charge is 2.36. The minimum atomic E-state index is -4.53. The number of carbonyl (C=O) groups excluding carboxylic acids is 1. The largest absolute Gasteiger partial charge is 0.433 e. The van der Waals surface area contributed by atoms with Gasteiger partial charge in [0.1, 0.15) is 11.4 Å². The molecule has 30 heavy (non-hydrogen) atoms. The zero-order valence-corrected chi connectivity index (χ0v) is 16.8. The molecule has 0 aliphatic carbocycles. The lowest BCUT2D eigenvalue weighted by Crippen LogP contribution is -2.38. The molecular weight excluding hydrogens is 401 g/mol. The molecular formula is C19H21F3N6O2. The Labute approximate surface area is 170 Å². The molecule has 1 saturated heterocycles. The third-order valence-corrected chi connectivity index (χ3v) is 5.40. The van der Waals surface area contributed by atoms with Crippen LogP contribution in [0.15, 0.2) is 16.8 Å². The molecule has 0 aromatic carbocycles. The van der Waals surface area contributed by atoms with Crippen LogP contribution in [0, 0.1) is 6.92 Å². The number of carbonyl (C=O) groups is 1. The Balaban J connectivity index is 1.57. The highest BCUT2D eigenvalue weighted by molar-refractivity contribution is 5.93. The van der Waals surface area contributed by atoms with Crippen LogP contribution >= 0.6 is 0 Å². The molecule has 3 aromatic rings. The number of likely N-dealkylation sites (tertiary alicyclic amines) is 1. The monoisotopic (exact) mass is 422 g/mol. The second-order valence-corrected chi connectivity index (χ2v) is 7.82. The van der Waals surface area contributed by atoms with Crippen molar-refractivity contribution in [1.82, 2.24) is 29.8 Å². The molecule has 0 spiro atoms. The lowest BCUT2D eigenvalue weighted by molar-refractivity contribution is -0.142. The van der Waals surface area contributed by atoms with Crippen LogP contribution in [-0.4, -0.2) is 48.8 Å². The third kappa shape index (κ3) is 3.63. The van der Waals surface area contributed by atoms with Gasteiger partial charge < -0.3 is 4.90 Å². The number of aryl methyl sites for hydroxylation is 1. The number of amides is 1. The maximum Gasteiger partial charge on any atom is 0.433 e. The second-order valence-electron chi connectivity index (χ2n) is 7.82. The minimum absolute atomic E-state index is 0.0594. The fourth-order valence-corrected chi connectivity index (χ4v) is 3.66. The van der Waals surface area contributed by atoms with E-state index in [1.807, 2.05) is 0 Å². The van der Waals surface area contributed by atoms with E-state index < -0.39 is 11.9 Å². The third-order valence-electron chi connectivity index (χ3n) is 5.40. The summed E-state index contributed by atoms with van der Waals surface area (Å²) in [5.74, 6) is -0.459. The van der Waals surface area contributed by atoms with Crippen molar-refractivity contribution in [3.8, 4) is 0 Å². The van der Waals surface area contributed by atoms with Crippen molar-refractivity contribution in [3.05, 3.63) is 40.6 Å². The predicted molar refractivity (Wildman–Crippen MR) is 99.0 cm³/mol. The molecule has 0 bridgehead atoms. The van der Waals surface area contributed by atoms with Crippen LogP contribution in [-0.2, 0) is 6.18 Å². The van der Waals surface area contributed by atoms with E-state index in [0.29, 0.717) is 43.0 Å². The summed E-state index contributed by atoms with van der Waals surface area (Å²) in [4.78, 5) is 18.5. The van der Waals surface area contributed by atoms with E-state index in [1.54, 1.807) is 31.7 Å². The molecule has 1 amide bonds. The summed E-state index contributed by atoms with van der Waals surface area (Å²) in [6, 6.07) is 2.68. The molecule has 0 N–H and O–H groups in total. The van der Waals surface area contributed by atoms with Crippen molar-refractivity contribution >= 4 is 11.6 Å². The van der Waals surface area contributed by atoms with Crippen molar-refractivity contribution in [2.24, 2.45) is 0 Å². The predicted octanol–water partition coefficient (Wildman–Crippen LogP) is 3.58. The van der Waals surface area contributed by atoms with Gasteiger partial charge in [-0.1, -0.05) is 19.0 Å². The van der Waals surface area contributed by atoms with Crippen LogP contribution in [0.4, 0.5) is 13.2 Å². The number of rotatable bonds is 3. The van der Waals surface area contributed by atoms with Gasteiger partial charge in [0.25, 0.3) is 5.91 Å². The van der Waals surface area contributed by atoms with Crippen molar-refractivity contribution in [3.63, 3.8) is 0 Å². The topological polar surface area (TPSA) is 89.4 Å². The van der Waals surface area contributed by atoms with Crippen LogP contribution in [0.3, 0.4) is 0 Å². The number of hydrogen-bond acceptors (Lipinski definition) is 6. The molecule has 11 heteroatoms. The molecule has 1 aliphatic rings. The van der Waals surface area contributed by atoms with Crippen LogP contribution in [0.25, 0.3) is 5.65 Å². The summed E-state index contributed by atoms with van der Waals surface area (Å²) in [6.07, 6.45) is -3.37. The number of halogens is 3. The number of piperidine rings is 1. The zero-order valence-electron chi connectivity index (χ0n) is 16.8. The Kier molecular flexibility index (Phi) is 4.99. The standard InChI is InChI=1S/C19H21F3N6O2/c1-10(2)13-8-15(19(20,21)22)28-16(23-13)9-14(24-28)12-4-6-27(7-5-12)18(29)17-11(3)25-30-26-17/h8-10,12H,4-7H2,1-3H3. The van der Waals surface area contributed by atoms with Crippen LogP contribution in [0.5, 0.6) is 0 Å². The first-order valence-electron chi connectivity index (χ1n) is 9.71. The fraction of sp³-hybridized carbons (Fsp3) is 0.526. The summed E-state index contributed by atoms with van der Waals surface area (Å²) >= 11 is 0. The average Bonchev–Trinajstić information content (AvgIpc) is 3.31. The second kappa shape index (κ2) is 7.37. The van der Waals surface area contributed by atoms with E-state index in [0.717, 1.165) is 10.6 Å². The Hall–Kier alpha value is -2.98.